The van der Waals surface area contributed by atoms with Crippen LogP contribution in [0.2, 0.25) is 5.02 Å². The van der Waals surface area contributed by atoms with Crippen molar-refractivity contribution in [1.82, 2.24) is 15.5 Å². The van der Waals surface area contributed by atoms with Gasteiger partial charge in [-0.2, -0.15) is 4.98 Å². The first-order valence-electron chi connectivity index (χ1n) is 7.05. The van der Waals surface area contributed by atoms with Crippen molar-refractivity contribution in [3.8, 4) is 11.5 Å². The standard InChI is InChI=1S/C14H14ClN5O3S/c1-7-18-12(23-19-7)10-3-2-8(4-11(10)15)20-6-9(22-14(20)21)5-17-13(16)24/h2-4,9H,5-6H2,1H3,(H3,16,17,24). The molecular formula is C14H14ClN5O3S. The molecular weight excluding hydrogens is 354 g/mol. The van der Waals surface area contributed by atoms with Crippen molar-refractivity contribution in [3.05, 3.63) is 29.0 Å². The maximum atomic E-state index is 12.0. The highest BCUT2D eigenvalue weighted by atomic mass is 35.5. The number of anilines is 1. The van der Waals surface area contributed by atoms with Crippen molar-refractivity contribution in [1.29, 1.82) is 0 Å². The highest BCUT2D eigenvalue weighted by molar-refractivity contribution is 7.80. The fourth-order valence-electron chi connectivity index (χ4n) is 2.30. The molecule has 1 aliphatic rings. The summed E-state index contributed by atoms with van der Waals surface area (Å²) in [5.74, 6) is 0.841. The molecule has 0 saturated carbocycles. The van der Waals surface area contributed by atoms with E-state index in [1.54, 1.807) is 25.1 Å². The van der Waals surface area contributed by atoms with Gasteiger partial charge in [0, 0.05) is 5.69 Å². The van der Waals surface area contributed by atoms with E-state index < -0.39 is 6.09 Å². The lowest BCUT2D eigenvalue weighted by Gasteiger charge is -2.14. The van der Waals surface area contributed by atoms with Gasteiger partial charge in [-0.05, 0) is 37.3 Å². The van der Waals surface area contributed by atoms with Gasteiger partial charge < -0.3 is 20.3 Å². The normalized spacial score (nSPS) is 17.0. The Kier molecular flexibility index (Phi) is 4.54. The molecule has 10 heteroatoms. The Bertz CT molecular complexity index is 796. The maximum absolute atomic E-state index is 12.0. The highest BCUT2D eigenvalue weighted by Crippen LogP contribution is 2.32. The molecule has 0 spiro atoms. The van der Waals surface area contributed by atoms with Gasteiger partial charge in [-0.15, -0.1) is 0 Å². The highest BCUT2D eigenvalue weighted by Gasteiger charge is 2.32. The lowest BCUT2D eigenvalue weighted by molar-refractivity contribution is 0.143. The van der Waals surface area contributed by atoms with Crippen LogP contribution in [0.5, 0.6) is 0 Å². The van der Waals surface area contributed by atoms with Gasteiger partial charge in [0.2, 0.25) is 0 Å². The van der Waals surface area contributed by atoms with Gasteiger partial charge >= 0.3 is 6.09 Å². The van der Waals surface area contributed by atoms with Crippen LogP contribution in [-0.2, 0) is 4.74 Å². The Morgan fingerprint density at radius 2 is 2.38 bits per heavy atom. The smallest absolute Gasteiger partial charge is 0.414 e. The Hall–Kier alpha value is -2.39. The van der Waals surface area contributed by atoms with E-state index in [4.69, 9.17) is 38.8 Å². The molecule has 1 amide bonds. The summed E-state index contributed by atoms with van der Waals surface area (Å²) in [4.78, 5) is 17.7. The number of halogens is 1. The molecule has 1 fully saturated rings. The molecule has 0 radical (unpaired) electrons. The number of benzene rings is 1. The van der Waals surface area contributed by atoms with E-state index in [0.29, 0.717) is 41.1 Å². The molecule has 126 valence electrons. The number of carbonyl (C=O) groups excluding carboxylic acids is 1. The molecule has 2 aromatic rings. The van der Waals surface area contributed by atoms with Crippen molar-refractivity contribution in [2.45, 2.75) is 13.0 Å². The number of thiocarbonyl (C=S) groups is 1. The minimum absolute atomic E-state index is 0.159. The van der Waals surface area contributed by atoms with E-state index in [2.05, 4.69) is 15.5 Å². The summed E-state index contributed by atoms with van der Waals surface area (Å²) in [6.07, 6.45) is -0.807. The number of nitrogens with two attached hydrogens (primary N) is 1. The third-order valence-corrected chi connectivity index (χ3v) is 3.86. The number of hydrogen-bond acceptors (Lipinski definition) is 6. The number of nitrogens with one attached hydrogen (secondary N) is 1. The van der Waals surface area contributed by atoms with Crippen LogP contribution < -0.4 is 16.0 Å². The van der Waals surface area contributed by atoms with Crippen molar-refractivity contribution in [2.24, 2.45) is 5.73 Å². The first kappa shape index (κ1) is 16.5. The van der Waals surface area contributed by atoms with Crippen molar-refractivity contribution < 1.29 is 14.1 Å². The van der Waals surface area contributed by atoms with Crippen LogP contribution in [-0.4, -0.2) is 40.5 Å². The minimum Gasteiger partial charge on any atom is -0.442 e. The van der Waals surface area contributed by atoms with Gasteiger partial charge in [-0.3, -0.25) is 4.90 Å². The average molecular weight is 368 g/mol. The molecule has 1 saturated heterocycles. The van der Waals surface area contributed by atoms with Gasteiger partial charge in [0.15, 0.2) is 10.9 Å². The molecule has 2 heterocycles. The van der Waals surface area contributed by atoms with Crippen molar-refractivity contribution in [3.63, 3.8) is 0 Å². The van der Waals surface area contributed by atoms with Crippen LogP contribution in [0.3, 0.4) is 0 Å². The zero-order chi connectivity index (χ0) is 17.3. The van der Waals surface area contributed by atoms with Gasteiger partial charge in [0.25, 0.3) is 5.89 Å². The van der Waals surface area contributed by atoms with Crippen LogP contribution >= 0.6 is 23.8 Å². The number of carbonyl (C=O) groups is 1. The van der Waals surface area contributed by atoms with Gasteiger partial charge in [0.1, 0.15) is 6.10 Å². The molecule has 1 aromatic carbocycles. The van der Waals surface area contributed by atoms with E-state index in [1.807, 2.05) is 0 Å². The Balaban J connectivity index is 1.77. The predicted octanol–water partition coefficient (Wildman–Crippen LogP) is 1.86. The zero-order valence-corrected chi connectivity index (χ0v) is 14.2. The van der Waals surface area contributed by atoms with E-state index in [0.717, 1.165) is 0 Å². The van der Waals surface area contributed by atoms with E-state index in [-0.39, 0.29) is 11.2 Å². The topological polar surface area (TPSA) is 107 Å². The zero-order valence-electron chi connectivity index (χ0n) is 12.7. The van der Waals surface area contributed by atoms with Crippen molar-refractivity contribution in [2.75, 3.05) is 18.0 Å². The second kappa shape index (κ2) is 6.62. The lowest BCUT2D eigenvalue weighted by Crippen LogP contribution is -2.37. The monoisotopic (exact) mass is 367 g/mol. The van der Waals surface area contributed by atoms with E-state index >= 15 is 0 Å². The van der Waals surface area contributed by atoms with Crippen LogP contribution in [0.1, 0.15) is 5.82 Å². The summed E-state index contributed by atoms with van der Waals surface area (Å²) >= 11 is 11.0. The summed E-state index contributed by atoms with van der Waals surface area (Å²) in [6, 6.07) is 5.12. The summed E-state index contributed by atoms with van der Waals surface area (Å²) in [5.41, 5.74) is 6.58. The number of rotatable bonds is 4. The Morgan fingerprint density at radius 1 is 1.58 bits per heavy atom. The number of aryl methyl sites for hydroxylation is 1. The average Bonchev–Trinajstić information content (AvgIpc) is 3.11. The van der Waals surface area contributed by atoms with E-state index in [9.17, 15) is 4.79 Å². The molecule has 1 unspecified atom stereocenters. The lowest BCUT2D eigenvalue weighted by atomic mass is 10.2. The van der Waals surface area contributed by atoms with Crippen LogP contribution in [0.4, 0.5) is 10.5 Å². The summed E-state index contributed by atoms with van der Waals surface area (Å²) in [6.45, 7) is 2.44. The minimum atomic E-state index is -0.456. The fraction of sp³-hybridized carbons (Fsp3) is 0.286. The van der Waals surface area contributed by atoms with Crippen molar-refractivity contribution >= 4 is 40.7 Å². The SMILES string of the molecule is Cc1noc(-c2ccc(N3CC(CNC(N)=S)OC3=O)cc2Cl)n1. The van der Waals surface area contributed by atoms with Crippen LogP contribution in [0, 0.1) is 6.92 Å². The number of nitrogens with zero attached hydrogens (tertiary/aromatic N) is 3. The molecule has 3 N–H and O–H groups in total. The van der Waals surface area contributed by atoms with Gasteiger partial charge in [-0.25, -0.2) is 4.79 Å². The van der Waals surface area contributed by atoms with Crippen LogP contribution in [0.25, 0.3) is 11.5 Å². The molecule has 0 bridgehead atoms. The predicted molar refractivity (Wildman–Crippen MR) is 91.9 cm³/mol. The molecule has 24 heavy (non-hydrogen) atoms. The summed E-state index contributed by atoms with van der Waals surface area (Å²) in [5, 5.41) is 7.07. The number of amides is 1. The first-order valence-corrected chi connectivity index (χ1v) is 7.84. The molecule has 1 aliphatic heterocycles. The fourth-order valence-corrected chi connectivity index (χ4v) is 2.64. The number of ether oxygens (including phenoxy) is 1. The summed E-state index contributed by atoms with van der Waals surface area (Å²) in [7, 11) is 0. The van der Waals surface area contributed by atoms with Crippen LogP contribution in [0.15, 0.2) is 22.7 Å². The largest absolute Gasteiger partial charge is 0.442 e. The number of cyclic esters (lactones) is 1. The third-order valence-electron chi connectivity index (χ3n) is 3.40. The summed E-state index contributed by atoms with van der Waals surface area (Å²) < 4.78 is 10.4. The molecule has 1 atom stereocenters. The Labute approximate surface area is 147 Å². The quantitative estimate of drug-likeness (QED) is 0.788. The molecule has 8 nitrogen and oxygen atoms in total. The number of aromatic nitrogens is 2. The van der Waals surface area contributed by atoms with Gasteiger partial charge in [0.05, 0.1) is 23.7 Å². The maximum Gasteiger partial charge on any atom is 0.414 e. The molecule has 3 rings (SSSR count). The number of hydrogen-bond donors (Lipinski definition) is 2. The molecule has 0 aliphatic carbocycles. The van der Waals surface area contributed by atoms with E-state index in [1.165, 1.54) is 4.90 Å². The second-order valence-corrected chi connectivity index (χ2v) is 6.02. The first-order chi connectivity index (χ1) is 11.4. The third kappa shape index (κ3) is 3.41. The second-order valence-electron chi connectivity index (χ2n) is 5.17. The van der Waals surface area contributed by atoms with Gasteiger partial charge in [-0.1, -0.05) is 16.8 Å². The molecule has 1 aromatic heterocycles. The Morgan fingerprint density at radius 3 is 3.00 bits per heavy atom.